The van der Waals surface area contributed by atoms with Gasteiger partial charge in [0.2, 0.25) is 0 Å². The second kappa shape index (κ2) is 7.80. The van der Waals surface area contributed by atoms with Crippen molar-refractivity contribution in [3.63, 3.8) is 0 Å². The first-order valence-electron chi connectivity index (χ1n) is 12.5. The number of anilines is 1. The van der Waals surface area contributed by atoms with Crippen molar-refractivity contribution in [1.82, 2.24) is 5.32 Å². The molecule has 2 aromatic rings. The van der Waals surface area contributed by atoms with Crippen molar-refractivity contribution in [2.75, 3.05) is 4.90 Å². The van der Waals surface area contributed by atoms with Crippen molar-refractivity contribution >= 4 is 29.6 Å². The molecule has 0 unspecified atom stereocenters. The van der Waals surface area contributed by atoms with Gasteiger partial charge in [-0.25, -0.2) is 9.69 Å². The Hall–Kier alpha value is -3.41. The number of hydrogen-bond acceptors (Lipinski definition) is 4. The number of rotatable bonds is 3. The van der Waals surface area contributed by atoms with Gasteiger partial charge in [-0.05, 0) is 128 Å². The van der Waals surface area contributed by atoms with E-state index in [1.54, 1.807) is 26.0 Å². The highest BCUT2D eigenvalue weighted by Gasteiger charge is 2.51. The molecule has 0 radical (unpaired) electrons. The van der Waals surface area contributed by atoms with Crippen molar-refractivity contribution in [2.45, 2.75) is 57.8 Å². The SMILES string of the molecule is Cc1cc(C=C2C(=O)NC(=O)N(c3ccc(C45CC6CC(CC(C6)C4)C5)cc3)C2=O)cc(C)c1O. The Morgan fingerprint density at radius 3 is 2.00 bits per heavy atom. The number of nitrogens with one attached hydrogen (secondary N) is 1. The molecule has 5 aliphatic rings. The standard InChI is InChI=1S/C29H30N2O4/c1-16-7-18(8-17(2)25(16)32)12-24-26(33)30-28(35)31(27(24)34)23-5-3-22(4-6-23)29-13-19-9-20(14-29)11-21(10-19)15-29/h3-8,12,19-21,32H,9-11,13-15H2,1-2H3,(H,30,33,35). The lowest BCUT2D eigenvalue weighted by Crippen LogP contribution is -2.54. The van der Waals surface area contributed by atoms with Crippen LogP contribution in [0.15, 0.2) is 42.0 Å². The molecule has 0 aromatic heterocycles. The van der Waals surface area contributed by atoms with E-state index in [-0.39, 0.29) is 16.7 Å². The van der Waals surface area contributed by atoms with Gasteiger partial charge < -0.3 is 5.11 Å². The lowest BCUT2D eigenvalue weighted by molar-refractivity contribution is -0.122. The number of carbonyl (C=O) groups excluding carboxylic acids is 3. The molecule has 0 spiro atoms. The fourth-order valence-corrected chi connectivity index (χ4v) is 7.56. The Bertz CT molecular complexity index is 1230. The molecular weight excluding hydrogens is 440 g/mol. The highest BCUT2D eigenvalue weighted by molar-refractivity contribution is 6.39. The van der Waals surface area contributed by atoms with Crippen molar-refractivity contribution in [3.05, 3.63) is 64.2 Å². The average Bonchev–Trinajstić information content (AvgIpc) is 2.79. The molecule has 4 saturated carbocycles. The number of barbiturate groups is 1. The zero-order valence-electron chi connectivity index (χ0n) is 20.1. The lowest BCUT2D eigenvalue weighted by Gasteiger charge is -2.57. The van der Waals surface area contributed by atoms with E-state index >= 15 is 0 Å². The predicted molar refractivity (Wildman–Crippen MR) is 133 cm³/mol. The maximum absolute atomic E-state index is 13.3. The molecule has 6 heteroatoms. The van der Waals surface area contributed by atoms with Crippen LogP contribution in [0, 0.1) is 31.6 Å². The van der Waals surface area contributed by atoms with Gasteiger partial charge in [-0.1, -0.05) is 12.1 Å². The number of aromatic hydroxyl groups is 1. The molecule has 1 saturated heterocycles. The zero-order chi connectivity index (χ0) is 24.5. The molecule has 7 rings (SSSR count). The highest BCUT2D eigenvalue weighted by Crippen LogP contribution is 2.60. The van der Waals surface area contributed by atoms with Crippen LogP contribution in [0.4, 0.5) is 10.5 Å². The molecule has 2 aromatic carbocycles. The Morgan fingerprint density at radius 1 is 0.914 bits per heavy atom. The summed E-state index contributed by atoms with van der Waals surface area (Å²) in [5.74, 6) is 1.32. The van der Waals surface area contributed by atoms with Crippen LogP contribution in [0.25, 0.3) is 6.08 Å². The van der Waals surface area contributed by atoms with E-state index in [1.165, 1.54) is 50.2 Å². The molecule has 4 bridgehead atoms. The number of carbonyl (C=O) groups is 3. The number of aryl methyl sites for hydroxylation is 2. The maximum atomic E-state index is 13.3. The summed E-state index contributed by atoms with van der Waals surface area (Å²) in [5.41, 5.74) is 3.80. The summed E-state index contributed by atoms with van der Waals surface area (Å²) >= 11 is 0. The number of urea groups is 1. The van der Waals surface area contributed by atoms with Gasteiger partial charge >= 0.3 is 6.03 Å². The molecule has 4 aliphatic carbocycles. The van der Waals surface area contributed by atoms with Crippen molar-refractivity contribution < 1.29 is 19.5 Å². The van der Waals surface area contributed by atoms with E-state index in [1.807, 2.05) is 12.1 Å². The summed E-state index contributed by atoms with van der Waals surface area (Å²) in [4.78, 5) is 39.6. The fourth-order valence-electron chi connectivity index (χ4n) is 7.56. The first kappa shape index (κ1) is 22.1. The smallest absolute Gasteiger partial charge is 0.335 e. The number of amides is 4. The minimum absolute atomic E-state index is 0.112. The van der Waals surface area contributed by atoms with Crippen molar-refractivity contribution in [3.8, 4) is 5.75 Å². The van der Waals surface area contributed by atoms with Crippen LogP contribution in [-0.2, 0) is 15.0 Å². The summed E-state index contributed by atoms with van der Waals surface area (Å²) in [6, 6.07) is 10.5. The van der Waals surface area contributed by atoms with Crippen LogP contribution in [0.5, 0.6) is 5.75 Å². The molecule has 2 N–H and O–H groups in total. The predicted octanol–water partition coefficient (Wildman–Crippen LogP) is 5.14. The van der Waals surface area contributed by atoms with Crippen LogP contribution in [0.3, 0.4) is 0 Å². The van der Waals surface area contributed by atoms with E-state index in [2.05, 4.69) is 17.4 Å². The van der Waals surface area contributed by atoms with E-state index in [0.29, 0.717) is 22.4 Å². The van der Waals surface area contributed by atoms with Crippen LogP contribution >= 0.6 is 0 Å². The molecule has 0 atom stereocenters. The largest absolute Gasteiger partial charge is 0.507 e. The van der Waals surface area contributed by atoms with E-state index in [4.69, 9.17) is 0 Å². The van der Waals surface area contributed by atoms with E-state index in [0.717, 1.165) is 22.7 Å². The Balaban J connectivity index is 1.30. The van der Waals surface area contributed by atoms with Gasteiger partial charge in [0.15, 0.2) is 0 Å². The highest BCUT2D eigenvalue weighted by atomic mass is 16.3. The number of imide groups is 2. The second-order valence-corrected chi connectivity index (χ2v) is 11.2. The van der Waals surface area contributed by atoms with Crippen LogP contribution in [0.1, 0.15) is 60.8 Å². The van der Waals surface area contributed by atoms with Gasteiger partial charge in [0.1, 0.15) is 11.3 Å². The average molecular weight is 471 g/mol. The molecule has 5 fully saturated rings. The van der Waals surface area contributed by atoms with Gasteiger partial charge in [0.25, 0.3) is 11.8 Å². The fraction of sp³-hybridized carbons (Fsp3) is 0.414. The van der Waals surface area contributed by atoms with E-state index < -0.39 is 17.8 Å². The molecule has 35 heavy (non-hydrogen) atoms. The molecule has 6 nitrogen and oxygen atoms in total. The summed E-state index contributed by atoms with van der Waals surface area (Å²) in [6.45, 7) is 3.52. The number of phenols is 1. The number of nitrogens with zero attached hydrogens (tertiary/aromatic N) is 1. The Labute approximate surface area is 205 Å². The summed E-state index contributed by atoms with van der Waals surface area (Å²) in [5, 5.41) is 12.3. The summed E-state index contributed by atoms with van der Waals surface area (Å²) < 4.78 is 0. The quantitative estimate of drug-likeness (QED) is 0.480. The van der Waals surface area contributed by atoms with Crippen LogP contribution in [0.2, 0.25) is 0 Å². The van der Waals surface area contributed by atoms with Gasteiger partial charge in [-0.2, -0.15) is 0 Å². The molecule has 1 heterocycles. The van der Waals surface area contributed by atoms with Crippen LogP contribution < -0.4 is 10.2 Å². The van der Waals surface area contributed by atoms with Gasteiger partial charge in [0, 0.05) is 0 Å². The molecular formula is C29H30N2O4. The zero-order valence-corrected chi connectivity index (χ0v) is 20.1. The second-order valence-electron chi connectivity index (χ2n) is 11.2. The van der Waals surface area contributed by atoms with Gasteiger partial charge in [-0.15, -0.1) is 0 Å². The lowest BCUT2D eigenvalue weighted by atomic mass is 9.48. The maximum Gasteiger partial charge on any atom is 0.335 e. The monoisotopic (exact) mass is 470 g/mol. The molecule has 180 valence electrons. The Kier molecular flexibility index (Phi) is 4.92. The van der Waals surface area contributed by atoms with Crippen molar-refractivity contribution in [1.29, 1.82) is 0 Å². The topological polar surface area (TPSA) is 86.7 Å². The first-order valence-corrected chi connectivity index (χ1v) is 12.5. The van der Waals surface area contributed by atoms with E-state index in [9.17, 15) is 19.5 Å². The summed E-state index contributed by atoms with van der Waals surface area (Å²) in [7, 11) is 0. The Morgan fingerprint density at radius 2 is 1.46 bits per heavy atom. The minimum Gasteiger partial charge on any atom is -0.507 e. The molecule has 4 amide bonds. The number of hydrogen-bond donors (Lipinski definition) is 2. The minimum atomic E-state index is -0.738. The van der Waals surface area contributed by atoms with Gasteiger partial charge in [0.05, 0.1) is 5.69 Å². The summed E-state index contributed by atoms with van der Waals surface area (Å²) in [6.07, 6.45) is 9.34. The number of benzene rings is 2. The molecule has 1 aliphatic heterocycles. The van der Waals surface area contributed by atoms with Crippen LogP contribution in [-0.4, -0.2) is 23.0 Å². The third-order valence-electron chi connectivity index (χ3n) is 8.70. The third kappa shape index (κ3) is 3.58. The number of phenolic OH excluding ortho intramolecular Hbond substituents is 1. The third-order valence-corrected chi connectivity index (χ3v) is 8.70. The van der Waals surface area contributed by atoms with Gasteiger partial charge in [-0.3, -0.25) is 14.9 Å². The normalized spacial score (nSPS) is 30.8. The van der Waals surface area contributed by atoms with Crippen molar-refractivity contribution in [2.24, 2.45) is 17.8 Å². The first-order chi connectivity index (χ1) is 16.7.